The summed E-state index contributed by atoms with van der Waals surface area (Å²) in [6.07, 6.45) is 2.06. The molecule has 3 rings (SSSR count). The first kappa shape index (κ1) is 12.3. The molecule has 2 aromatic carbocycles. The lowest BCUT2D eigenvalue weighted by Crippen LogP contribution is -2.22. The number of nitrogens with zero attached hydrogens (tertiary/aromatic N) is 1. The van der Waals surface area contributed by atoms with Crippen molar-refractivity contribution >= 4 is 16.9 Å². The second-order valence-electron chi connectivity index (χ2n) is 4.53. The van der Waals surface area contributed by atoms with Crippen molar-refractivity contribution in [2.24, 2.45) is 4.99 Å². The van der Waals surface area contributed by atoms with E-state index in [0.29, 0.717) is 0 Å². The second kappa shape index (κ2) is 5.49. The van der Waals surface area contributed by atoms with Crippen LogP contribution < -0.4 is 5.32 Å². The van der Waals surface area contributed by atoms with Crippen molar-refractivity contribution in [2.45, 2.75) is 12.1 Å². The van der Waals surface area contributed by atoms with Crippen molar-refractivity contribution in [3.05, 3.63) is 71.8 Å². The zero-order valence-electron chi connectivity index (χ0n) is 10.8. The van der Waals surface area contributed by atoms with E-state index in [0.717, 1.165) is 5.17 Å². The Morgan fingerprint density at radius 2 is 1.47 bits per heavy atom. The summed E-state index contributed by atoms with van der Waals surface area (Å²) in [6.45, 7) is 0. The number of benzene rings is 2. The van der Waals surface area contributed by atoms with Crippen molar-refractivity contribution in [3.8, 4) is 0 Å². The molecule has 3 heteroatoms. The maximum absolute atomic E-state index is 4.80. The lowest BCUT2D eigenvalue weighted by molar-refractivity contribution is 0.573. The summed E-state index contributed by atoms with van der Waals surface area (Å²) in [7, 11) is 0. The van der Waals surface area contributed by atoms with E-state index in [9.17, 15) is 0 Å². The summed E-state index contributed by atoms with van der Waals surface area (Å²) >= 11 is 1.67. The first-order valence-electron chi connectivity index (χ1n) is 6.36. The molecule has 0 saturated heterocycles. The van der Waals surface area contributed by atoms with Gasteiger partial charge in [-0.3, -0.25) is 4.99 Å². The highest BCUT2D eigenvalue weighted by atomic mass is 32.2. The summed E-state index contributed by atoms with van der Waals surface area (Å²) in [5.74, 6) is 0. The van der Waals surface area contributed by atoms with Crippen LogP contribution in [0.25, 0.3) is 0 Å². The molecule has 2 nitrogen and oxygen atoms in total. The molecular weight excluding hydrogens is 252 g/mol. The van der Waals surface area contributed by atoms with Crippen LogP contribution in [0, 0.1) is 0 Å². The Bertz CT molecular complexity index is 566. The van der Waals surface area contributed by atoms with Crippen molar-refractivity contribution in [3.63, 3.8) is 0 Å². The van der Waals surface area contributed by atoms with Crippen molar-refractivity contribution in [1.29, 1.82) is 0 Å². The minimum absolute atomic E-state index is 0.158. The Morgan fingerprint density at radius 3 is 2.05 bits per heavy atom. The molecule has 1 aliphatic heterocycles. The largest absolute Gasteiger partial charge is 0.356 e. The third-order valence-corrected chi connectivity index (χ3v) is 3.95. The normalized spacial score (nSPS) is 21.8. The predicted molar refractivity (Wildman–Crippen MR) is 82.5 cm³/mol. The van der Waals surface area contributed by atoms with Gasteiger partial charge in [0.1, 0.15) is 6.04 Å². The minimum atomic E-state index is 0.158. The Hall–Kier alpha value is -1.74. The van der Waals surface area contributed by atoms with E-state index < -0.39 is 0 Å². The summed E-state index contributed by atoms with van der Waals surface area (Å²) < 4.78 is 0. The first-order chi connectivity index (χ1) is 9.38. The summed E-state index contributed by atoms with van der Waals surface area (Å²) in [5, 5.41) is 4.53. The molecule has 0 fully saturated rings. The number of rotatable bonds is 2. The highest BCUT2D eigenvalue weighted by Gasteiger charge is 2.30. The number of amidine groups is 1. The van der Waals surface area contributed by atoms with Crippen LogP contribution in [0.3, 0.4) is 0 Å². The lowest BCUT2D eigenvalue weighted by Gasteiger charge is -2.19. The minimum Gasteiger partial charge on any atom is -0.356 e. The Kier molecular flexibility index (Phi) is 3.56. The Morgan fingerprint density at radius 1 is 0.895 bits per heavy atom. The highest BCUT2D eigenvalue weighted by Crippen LogP contribution is 2.37. The van der Waals surface area contributed by atoms with Crippen molar-refractivity contribution in [1.82, 2.24) is 5.32 Å². The molecule has 1 aliphatic rings. The molecule has 0 amide bonds. The van der Waals surface area contributed by atoms with E-state index in [-0.39, 0.29) is 12.1 Å². The number of thioether (sulfide) groups is 1. The Labute approximate surface area is 118 Å². The maximum atomic E-state index is 4.80. The van der Waals surface area contributed by atoms with Gasteiger partial charge in [0.05, 0.1) is 6.04 Å². The fraction of sp³-hybridized carbons (Fsp3) is 0.188. The van der Waals surface area contributed by atoms with E-state index in [1.54, 1.807) is 11.8 Å². The van der Waals surface area contributed by atoms with E-state index >= 15 is 0 Å². The molecule has 96 valence electrons. The van der Waals surface area contributed by atoms with E-state index in [1.165, 1.54) is 11.1 Å². The third-order valence-electron chi connectivity index (χ3n) is 3.34. The quantitative estimate of drug-likeness (QED) is 0.896. The molecule has 2 aromatic rings. The molecule has 0 spiro atoms. The van der Waals surface area contributed by atoms with Crippen molar-refractivity contribution < 1.29 is 0 Å². The first-order valence-corrected chi connectivity index (χ1v) is 7.59. The molecule has 19 heavy (non-hydrogen) atoms. The molecule has 0 saturated carbocycles. The van der Waals surface area contributed by atoms with Gasteiger partial charge in [0, 0.05) is 0 Å². The fourth-order valence-electron chi connectivity index (χ4n) is 2.40. The van der Waals surface area contributed by atoms with Gasteiger partial charge < -0.3 is 5.32 Å². The molecular formula is C16H16N2S. The van der Waals surface area contributed by atoms with Gasteiger partial charge in [0.25, 0.3) is 0 Å². The molecule has 2 atom stereocenters. The van der Waals surface area contributed by atoms with Crippen LogP contribution in [-0.4, -0.2) is 11.4 Å². The molecule has 0 aromatic heterocycles. The van der Waals surface area contributed by atoms with Gasteiger partial charge in [0.15, 0.2) is 5.17 Å². The zero-order valence-corrected chi connectivity index (χ0v) is 11.6. The molecule has 1 N–H and O–H groups in total. The standard InChI is InChI=1S/C16H16N2S/c1-19-16-17-14(12-8-4-2-5-9-12)15(18-16)13-10-6-3-7-11-13/h2-11,14-15H,1H3,(H,17,18). The molecule has 0 radical (unpaired) electrons. The number of hydrogen-bond donors (Lipinski definition) is 1. The second-order valence-corrected chi connectivity index (χ2v) is 5.32. The van der Waals surface area contributed by atoms with E-state index in [2.05, 4.69) is 60.1 Å². The number of hydrogen-bond acceptors (Lipinski definition) is 3. The van der Waals surface area contributed by atoms with E-state index in [4.69, 9.17) is 4.99 Å². The van der Waals surface area contributed by atoms with Gasteiger partial charge in [-0.25, -0.2) is 0 Å². The summed E-state index contributed by atoms with van der Waals surface area (Å²) in [4.78, 5) is 4.80. The van der Waals surface area contributed by atoms with Crippen LogP contribution in [0.2, 0.25) is 0 Å². The van der Waals surface area contributed by atoms with Crippen LogP contribution in [0.5, 0.6) is 0 Å². The summed E-state index contributed by atoms with van der Waals surface area (Å²) in [6, 6.07) is 21.4. The fourth-order valence-corrected chi connectivity index (χ4v) is 2.87. The highest BCUT2D eigenvalue weighted by molar-refractivity contribution is 8.13. The SMILES string of the molecule is CSC1=NC(c2ccccc2)C(c2ccccc2)N1. The van der Waals surface area contributed by atoms with Gasteiger partial charge >= 0.3 is 0 Å². The Balaban J connectivity index is 1.96. The van der Waals surface area contributed by atoms with Gasteiger partial charge in [-0.1, -0.05) is 72.4 Å². The number of nitrogens with one attached hydrogen (secondary N) is 1. The van der Waals surface area contributed by atoms with Crippen LogP contribution in [0.1, 0.15) is 23.2 Å². The molecule has 0 aliphatic carbocycles. The monoisotopic (exact) mass is 268 g/mol. The van der Waals surface area contributed by atoms with Gasteiger partial charge in [-0.2, -0.15) is 0 Å². The van der Waals surface area contributed by atoms with Crippen LogP contribution in [-0.2, 0) is 0 Å². The third kappa shape index (κ3) is 2.51. The average molecular weight is 268 g/mol. The lowest BCUT2D eigenvalue weighted by atomic mass is 9.95. The smallest absolute Gasteiger partial charge is 0.157 e. The van der Waals surface area contributed by atoms with Crippen LogP contribution >= 0.6 is 11.8 Å². The molecule has 2 unspecified atom stereocenters. The zero-order chi connectivity index (χ0) is 13.1. The topological polar surface area (TPSA) is 24.4 Å². The van der Waals surface area contributed by atoms with Gasteiger partial charge in [0.2, 0.25) is 0 Å². The summed E-state index contributed by atoms with van der Waals surface area (Å²) in [5.41, 5.74) is 2.54. The van der Waals surface area contributed by atoms with Crippen LogP contribution in [0.15, 0.2) is 65.7 Å². The molecule has 1 heterocycles. The molecule has 0 bridgehead atoms. The van der Waals surface area contributed by atoms with Crippen LogP contribution in [0.4, 0.5) is 0 Å². The van der Waals surface area contributed by atoms with Gasteiger partial charge in [-0.05, 0) is 17.4 Å². The predicted octanol–water partition coefficient (Wildman–Crippen LogP) is 3.79. The van der Waals surface area contributed by atoms with E-state index in [1.807, 2.05) is 12.1 Å². The number of aliphatic imine (C=N–C) groups is 1. The van der Waals surface area contributed by atoms with Gasteiger partial charge in [-0.15, -0.1) is 0 Å². The van der Waals surface area contributed by atoms with Crippen molar-refractivity contribution in [2.75, 3.05) is 6.26 Å². The maximum Gasteiger partial charge on any atom is 0.157 e. The average Bonchev–Trinajstić information content (AvgIpc) is 2.93.